The Bertz CT molecular complexity index is 1520. The predicted octanol–water partition coefficient (Wildman–Crippen LogP) is 5.92. The van der Waals surface area contributed by atoms with Gasteiger partial charge in [-0.25, -0.2) is 4.79 Å². The topological polar surface area (TPSA) is 172 Å². The number of aliphatic hydroxyl groups is 2. The fraction of sp³-hybridized carbons (Fsp3) is 0.333. The monoisotopic (exact) mass is 598 g/mol. The molecule has 0 spiro atoms. The van der Waals surface area contributed by atoms with Crippen LogP contribution >= 0.6 is 0 Å². The molecule has 0 aliphatic carbocycles. The van der Waals surface area contributed by atoms with Crippen LogP contribution in [0.3, 0.4) is 0 Å². The van der Waals surface area contributed by atoms with Crippen LogP contribution in [0.2, 0.25) is 0 Å². The van der Waals surface area contributed by atoms with Crippen LogP contribution in [-0.2, 0) is 26.1 Å². The molecule has 0 aliphatic heterocycles. The molecule has 0 atom stereocenters. The van der Waals surface area contributed by atoms with E-state index < -0.39 is 22.4 Å². The van der Waals surface area contributed by atoms with Crippen molar-refractivity contribution in [3.05, 3.63) is 82.9 Å². The number of aryl methyl sites for hydroxylation is 2. The number of ether oxygens (including phenoxy) is 2. The first kappa shape index (κ1) is 32.5. The molecule has 42 heavy (non-hydrogen) atoms. The second-order valence-corrected chi connectivity index (χ2v) is 10.9. The summed E-state index contributed by atoms with van der Waals surface area (Å²) < 4.78 is 42.9. The van der Waals surface area contributed by atoms with Crippen LogP contribution in [0.4, 0.5) is 11.4 Å². The summed E-state index contributed by atoms with van der Waals surface area (Å²) in [6.07, 6.45) is 2.98. The number of nitrogens with zero attached hydrogens (tertiary/aromatic N) is 2. The van der Waals surface area contributed by atoms with Crippen LogP contribution in [0.5, 0.6) is 5.75 Å². The van der Waals surface area contributed by atoms with Gasteiger partial charge in [-0.3, -0.25) is 9.35 Å². The average molecular weight is 599 g/mol. The maximum Gasteiger partial charge on any atom is 0.343 e. The van der Waals surface area contributed by atoms with E-state index in [9.17, 15) is 32.8 Å². The van der Waals surface area contributed by atoms with E-state index >= 15 is 0 Å². The fourth-order valence-corrected chi connectivity index (χ4v) is 4.72. The molecule has 0 fully saturated rings. The second kappa shape index (κ2) is 15.3. The summed E-state index contributed by atoms with van der Waals surface area (Å²) in [5.74, 6) is -0.945. The van der Waals surface area contributed by atoms with E-state index in [4.69, 9.17) is 9.47 Å². The van der Waals surface area contributed by atoms with Crippen molar-refractivity contribution in [2.24, 2.45) is 10.2 Å². The standard InChI is InChI=1S/C30H34N2O9S/c1-3-28(33)40-17-7-5-4-6-8-21-10-12-22(13-11-21)30(36)41-26-16-15-23(18-25(26)29(34)35)31-32-24-14-9-20(2)27(19-24)42(37,38)39/h9-16,18-19,29,34-35H,3-8,17H2,1-2H3,(H,37,38,39)/b32-31+. The van der Waals surface area contributed by atoms with Gasteiger partial charge in [0.15, 0.2) is 6.29 Å². The molecule has 3 rings (SSSR count). The van der Waals surface area contributed by atoms with Crippen molar-refractivity contribution in [2.45, 2.75) is 63.6 Å². The number of esters is 2. The van der Waals surface area contributed by atoms with E-state index in [2.05, 4.69) is 10.2 Å². The Morgan fingerprint density at radius 2 is 1.52 bits per heavy atom. The van der Waals surface area contributed by atoms with Gasteiger partial charge in [-0.15, -0.1) is 0 Å². The summed E-state index contributed by atoms with van der Waals surface area (Å²) >= 11 is 0. The third-order valence-corrected chi connectivity index (χ3v) is 7.30. The minimum Gasteiger partial charge on any atom is -0.466 e. The van der Waals surface area contributed by atoms with E-state index in [1.165, 1.54) is 37.3 Å². The third-order valence-electron chi connectivity index (χ3n) is 6.31. The Kier molecular flexibility index (Phi) is 11.9. The molecule has 3 aromatic rings. The third kappa shape index (κ3) is 9.84. The number of unbranched alkanes of at least 4 members (excludes halogenated alkanes) is 3. The van der Waals surface area contributed by atoms with E-state index in [0.29, 0.717) is 18.6 Å². The lowest BCUT2D eigenvalue weighted by Crippen LogP contribution is -2.11. The van der Waals surface area contributed by atoms with Crippen LogP contribution in [-0.4, -0.2) is 41.7 Å². The number of rotatable bonds is 14. The lowest BCUT2D eigenvalue weighted by molar-refractivity contribution is -0.143. The summed E-state index contributed by atoms with van der Waals surface area (Å²) in [6, 6.07) is 15.1. The summed E-state index contributed by atoms with van der Waals surface area (Å²) in [7, 11) is -4.44. The van der Waals surface area contributed by atoms with Gasteiger partial charge in [0.1, 0.15) is 5.75 Å². The summed E-state index contributed by atoms with van der Waals surface area (Å²) in [5, 5.41) is 27.6. The maximum absolute atomic E-state index is 12.7. The number of hydrogen-bond acceptors (Lipinski definition) is 10. The molecule has 0 aliphatic rings. The zero-order chi connectivity index (χ0) is 30.7. The van der Waals surface area contributed by atoms with Crippen molar-refractivity contribution in [1.82, 2.24) is 0 Å². The van der Waals surface area contributed by atoms with Crippen molar-refractivity contribution in [1.29, 1.82) is 0 Å². The van der Waals surface area contributed by atoms with Crippen molar-refractivity contribution >= 4 is 33.4 Å². The van der Waals surface area contributed by atoms with Crippen molar-refractivity contribution in [3.8, 4) is 5.75 Å². The van der Waals surface area contributed by atoms with Crippen molar-refractivity contribution in [2.75, 3.05) is 6.61 Å². The molecule has 0 unspecified atom stereocenters. The zero-order valence-corrected chi connectivity index (χ0v) is 24.2. The van der Waals surface area contributed by atoms with Crippen LogP contribution in [0.15, 0.2) is 75.8 Å². The highest BCUT2D eigenvalue weighted by atomic mass is 32.2. The summed E-state index contributed by atoms with van der Waals surface area (Å²) in [4.78, 5) is 23.6. The molecule has 3 aromatic carbocycles. The van der Waals surface area contributed by atoms with Gasteiger partial charge in [0.2, 0.25) is 0 Å². The smallest absolute Gasteiger partial charge is 0.343 e. The molecule has 3 N–H and O–H groups in total. The SMILES string of the molecule is CCC(=O)OCCCCCCc1ccc(C(=O)Oc2ccc(/N=N/c3ccc(C)c(S(=O)(=O)O)c3)cc2C(O)O)cc1. The zero-order valence-electron chi connectivity index (χ0n) is 23.4. The lowest BCUT2D eigenvalue weighted by Gasteiger charge is -2.12. The van der Waals surface area contributed by atoms with Gasteiger partial charge in [-0.05, 0) is 79.8 Å². The molecule has 0 heterocycles. The Morgan fingerprint density at radius 3 is 2.17 bits per heavy atom. The number of carbonyl (C=O) groups excluding carboxylic acids is 2. The minimum absolute atomic E-state index is 0.0772. The van der Waals surface area contributed by atoms with E-state index in [1.807, 2.05) is 12.1 Å². The molecule has 0 radical (unpaired) electrons. The Labute approximate surface area is 244 Å². The summed E-state index contributed by atoms with van der Waals surface area (Å²) in [6.45, 7) is 3.73. The Balaban J connectivity index is 1.59. The molecule has 11 nitrogen and oxygen atoms in total. The molecular formula is C30H34N2O9S. The first-order chi connectivity index (χ1) is 20.0. The Hall–Kier alpha value is -3.97. The van der Waals surface area contributed by atoms with Crippen molar-refractivity contribution < 1.29 is 42.2 Å². The van der Waals surface area contributed by atoms with Gasteiger partial charge >= 0.3 is 11.9 Å². The molecular weight excluding hydrogens is 564 g/mol. The van der Waals surface area contributed by atoms with Gasteiger partial charge in [0.05, 0.1) is 34.0 Å². The first-order valence-corrected chi connectivity index (χ1v) is 14.9. The molecule has 0 aromatic heterocycles. The predicted molar refractivity (Wildman–Crippen MR) is 154 cm³/mol. The minimum atomic E-state index is -4.44. The largest absolute Gasteiger partial charge is 0.466 e. The van der Waals surface area contributed by atoms with Gasteiger partial charge in [0, 0.05) is 6.42 Å². The lowest BCUT2D eigenvalue weighted by atomic mass is 10.0. The van der Waals surface area contributed by atoms with E-state index in [0.717, 1.165) is 43.7 Å². The van der Waals surface area contributed by atoms with Gasteiger partial charge < -0.3 is 19.7 Å². The molecule has 224 valence electrons. The van der Waals surface area contributed by atoms with Crippen LogP contribution in [0, 0.1) is 6.92 Å². The number of benzene rings is 3. The fourth-order valence-electron chi connectivity index (χ4n) is 3.98. The van der Waals surface area contributed by atoms with Gasteiger partial charge in [0.25, 0.3) is 10.1 Å². The number of azo groups is 1. The normalized spacial score (nSPS) is 11.7. The molecule has 0 bridgehead atoms. The second-order valence-electron chi connectivity index (χ2n) is 9.55. The highest BCUT2D eigenvalue weighted by molar-refractivity contribution is 7.85. The Morgan fingerprint density at radius 1 is 0.881 bits per heavy atom. The average Bonchev–Trinajstić information content (AvgIpc) is 2.96. The highest BCUT2D eigenvalue weighted by Gasteiger charge is 2.17. The molecule has 0 amide bonds. The number of hydrogen-bond donors (Lipinski definition) is 3. The van der Waals surface area contributed by atoms with Crippen molar-refractivity contribution in [3.63, 3.8) is 0 Å². The summed E-state index contributed by atoms with van der Waals surface area (Å²) in [5.41, 5.74) is 1.88. The van der Waals surface area contributed by atoms with Crippen LogP contribution in [0.25, 0.3) is 0 Å². The number of carbonyl (C=O) groups is 2. The van der Waals surface area contributed by atoms with Gasteiger partial charge in [-0.2, -0.15) is 18.6 Å². The number of aliphatic hydroxyl groups excluding tert-OH is 1. The first-order valence-electron chi connectivity index (χ1n) is 13.4. The molecule has 0 saturated carbocycles. The van der Waals surface area contributed by atoms with E-state index in [-0.39, 0.29) is 39.1 Å². The quantitative estimate of drug-likeness (QED) is 0.0509. The van der Waals surface area contributed by atoms with Crippen LogP contribution < -0.4 is 4.74 Å². The highest BCUT2D eigenvalue weighted by Crippen LogP contribution is 2.31. The van der Waals surface area contributed by atoms with E-state index in [1.54, 1.807) is 19.1 Å². The van der Waals surface area contributed by atoms with Gasteiger partial charge in [-0.1, -0.05) is 38.0 Å². The van der Waals surface area contributed by atoms with Crippen LogP contribution in [0.1, 0.15) is 72.4 Å². The molecule has 0 saturated heterocycles. The molecule has 12 heteroatoms. The maximum atomic E-state index is 12.7.